The topological polar surface area (TPSA) is 59.7 Å². The molecule has 14 heavy (non-hydrogen) atoms. The van der Waals surface area contributed by atoms with Crippen molar-refractivity contribution in [3.8, 4) is 0 Å². The van der Waals surface area contributed by atoms with Gasteiger partial charge in [-0.05, 0) is 25.5 Å². The van der Waals surface area contributed by atoms with E-state index < -0.39 is 11.9 Å². The average Bonchev–Trinajstić information content (AvgIpc) is 2.52. The first kappa shape index (κ1) is 10.8. The molecule has 1 aromatic rings. The fraction of sp³-hybridized carbons (Fsp3) is 0.500. The second kappa shape index (κ2) is 4.81. The molecule has 4 nitrogen and oxygen atoms in total. The van der Waals surface area contributed by atoms with E-state index in [1.807, 2.05) is 0 Å². The maximum absolute atomic E-state index is 10.9. The third kappa shape index (κ3) is 2.60. The van der Waals surface area contributed by atoms with Crippen molar-refractivity contribution in [3.05, 3.63) is 23.7 Å². The smallest absolute Gasteiger partial charge is 0.314 e. The molecule has 0 aliphatic heterocycles. The summed E-state index contributed by atoms with van der Waals surface area (Å²) in [6.45, 7) is 2.20. The van der Waals surface area contributed by atoms with E-state index in [1.54, 1.807) is 26.2 Å². The van der Waals surface area contributed by atoms with Crippen LogP contribution in [0, 0.1) is 6.92 Å². The molecule has 4 heteroatoms. The fourth-order valence-corrected chi connectivity index (χ4v) is 1.26. The number of carbonyl (C=O) groups is 1. The molecule has 0 aliphatic carbocycles. The Bertz CT molecular complexity index is 303. The van der Waals surface area contributed by atoms with Gasteiger partial charge in [-0.15, -0.1) is 0 Å². The van der Waals surface area contributed by atoms with Gasteiger partial charge in [0.2, 0.25) is 0 Å². The minimum Gasteiger partial charge on any atom is -0.481 e. The van der Waals surface area contributed by atoms with Crippen molar-refractivity contribution in [1.82, 2.24) is 0 Å². The van der Waals surface area contributed by atoms with E-state index in [1.165, 1.54) is 0 Å². The summed E-state index contributed by atoms with van der Waals surface area (Å²) in [5.41, 5.74) is 0. The average molecular weight is 198 g/mol. The zero-order valence-electron chi connectivity index (χ0n) is 8.32. The van der Waals surface area contributed by atoms with Crippen LogP contribution >= 0.6 is 0 Å². The van der Waals surface area contributed by atoms with Gasteiger partial charge < -0.3 is 14.3 Å². The monoisotopic (exact) mass is 198 g/mol. The third-order valence-electron chi connectivity index (χ3n) is 2.01. The van der Waals surface area contributed by atoms with Crippen molar-refractivity contribution in [2.45, 2.75) is 19.3 Å². The lowest BCUT2D eigenvalue weighted by Crippen LogP contribution is -2.13. The molecule has 0 spiro atoms. The Morgan fingerprint density at radius 2 is 2.36 bits per heavy atom. The van der Waals surface area contributed by atoms with Crippen LogP contribution in [-0.2, 0) is 9.53 Å². The first-order chi connectivity index (χ1) is 6.65. The normalized spacial score (nSPS) is 12.7. The molecule has 1 rings (SSSR count). The van der Waals surface area contributed by atoms with Crippen molar-refractivity contribution >= 4 is 5.97 Å². The molecule has 0 bridgehead atoms. The van der Waals surface area contributed by atoms with Crippen LogP contribution in [-0.4, -0.2) is 24.8 Å². The largest absolute Gasteiger partial charge is 0.481 e. The number of rotatable bonds is 5. The summed E-state index contributed by atoms with van der Waals surface area (Å²) >= 11 is 0. The number of hydrogen-bond donors (Lipinski definition) is 1. The Balaban J connectivity index is 2.72. The van der Waals surface area contributed by atoms with Gasteiger partial charge in [0.15, 0.2) is 0 Å². The Hall–Kier alpha value is -1.29. The summed E-state index contributed by atoms with van der Waals surface area (Å²) in [5, 5.41) is 8.95. The van der Waals surface area contributed by atoms with E-state index >= 15 is 0 Å². The van der Waals surface area contributed by atoms with Gasteiger partial charge in [-0.1, -0.05) is 0 Å². The predicted octanol–water partition coefficient (Wildman–Crippen LogP) is 1.79. The second-order valence-corrected chi connectivity index (χ2v) is 3.12. The van der Waals surface area contributed by atoms with Crippen LogP contribution in [0.4, 0.5) is 0 Å². The summed E-state index contributed by atoms with van der Waals surface area (Å²) in [5.74, 6) is -0.268. The fourth-order valence-electron chi connectivity index (χ4n) is 1.26. The molecule has 0 radical (unpaired) electrons. The Kier molecular flexibility index (Phi) is 3.71. The van der Waals surface area contributed by atoms with E-state index in [0.29, 0.717) is 18.8 Å². The van der Waals surface area contributed by atoms with Crippen LogP contribution in [0.2, 0.25) is 0 Å². The summed E-state index contributed by atoms with van der Waals surface area (Å²) in [7, 11) is 1.55. The molecule has 1 unspecified atom stereocenters. The summed E-state index contributed by atoms with van der Waals surface area (Å²) in [6, 6.07) is 3.46. The standard InChI is InChI=1S/C10H14O4/c1-7-3-4-9(14-7)8(10(11)12)5-6-13-2/h3-4,8H,5-6H2,1-2H3,(H,11,12). The number of methoxy groups -OCH3 is 1. The van der Waals surface area contributed by atoms with Crippen molar-refractivity contribution < 1.29 is 19.1 Å². The van der Waals surface area contributed by atoms with Crippen molar-refractivity contribution in [1.29, 1.82) is 0 Å². The quantitative estimate of drug-likeness (QED) is 0.783. The molecule has 0 saturated heterocycles. The molecule has 1 N–H and O–H groups in total. The SMILES string of the molecule is COCCC(C(=O)O)c1ccc(C)o1. The number of furan rings is 1. The molecule has 1 atom stereocenters. The number of aliphatic carboxylic acids is 1. The Morgan fingerprint density at radius 1 is 1.64 bits per heavy atom. The second-order valence-electron chi connectivity index (χ2n) is 3.12. The van der Waals surface area contributed by atoms with Gasteiger partial charge in [-0.3, -0.25) is 4.79 Å². The molecule has 0 saturated carbocycles. The molecule has 0 fully saturated rings. The van der Waals surface area contributed by atoms with Crippen LogP contribution in [0.5, 0.6) is 0 Å². The highest BCUT2D eigenvalue weighted by atomic mass is 16.5. The molecule has 78 valence electrons. The lowest BCUT2D eigenvalue weighted by atomic mass is 10.0. The first-order valence-corrected chi connectivity index (χ1v) is 4.43. The molecule has 1 aromatic heterocycles. The highest BCUT2D eigenvalue weighted by Crippen LogP contribution is 2.22. The first-order valence-electron chi connectivity index (χ1n) is 4.43. The molecular formula is C10H14O4. The highest BCUT2D eigenvalue weighted by Gasteiger charge is 2.22. The van der Waals surface area contributed by atoms with E-state index in [0.717, 1.165) is 5.76 Å². The van der Waals surface area contributed by atoms with E-state index in [9.17, 15) is 4.79 Å². The van der Waals surface area contributed by atoms with Gasteiger partial charge in [0.25, 0.3) is 0 Å². The molecular weight excluding hydrogens is 184 g/mol. The van der Waals surface area contributed by atoms with Gasteiger partial charge >= 0.3 is 5.97 Å². The highest BCUT2D eigenvalue weighted by molar-refractivity contribution is 5.75. The minimum atomic E-state index is -0.878. The number of hydrogen-bond acceptors (Lipinski definition) is 3. The molecule has 0 amide bonds. The zero-order chi connectivity index (χ0) is 10.6. The van der Waals surface area contributed by atoms with Crippen LogP contribution in [0.1, 0.15) is 23.9 Å². The Morgan fingerprint density at radius 3 is 2.79 bits per heavy atom. The van der Waals surface area contributed by atoms with E-state index in [4.69, 9.17) is 14.3 Å². The maximum Gasteiger partial charge on any atom is 0.314 e. The van der Waals surface area contributed by atoms with Gasteiger partial charge in [-0.25, -0.2) is 0 Å². The van der Waals surface area contributed by atoms with Crippen molar-refractivity contribution in [3.63, 3.8) is 0 Å². The van der Waals surface area contributed by atoms with Crippen molar-refractivity contribution in [2.75, 3.05) is 13.7 Å². The number of aryl methyl sites for hydroxylation is 1. The van der Waals surface area contributed by atoms with Gasteiger partial charge in [0.05, 0.1) is 0 Å². The summed E-state index contributed by atoms with van der Waals surface area (Å²) in [6.07, 6.45) is 0.429. The van der Waals surface area contributed by atoms with Gasteiger partial charge in [0, 0.05) is 13.7 Å². The predicted molar refractivity (Wildman–Crippen MR) is 50.3 cm³/mol. The van der Waals surface area contributed by atoms with Crippen LogP contribution < -0.4 is 0 Å². The van der Waals surface area contributed by atoms with Crippen molar-refractivity contribution in [2.24, 2.45) is 0 Å². The van der Waals surface area contributed by atoms with Crippen LogP contribution in [0.25, 0.3) is 0 Å². The van der Waals surface area contributed by atoms with Gasteiger partial charge in [-0.2, -0.15) is 0 Å². The lowest BCUT2D eigenvalue weighted by molar-refractivity contribution is -0.139. The van der Waals surface area contributed by atoms with E-state index in [2.05, 4.69) is 0 Å². The minimum absolute atomic E-state index is 0.413. The maximum atomic E-state index is 10.9. The summed E-state index contributed by atoms with van der Waals surface area (Å²) in [4.78, 5) is 10.9. The van der Waals surface area contributed by atoms with Gasteiger partial charge in [0.1, 0.15) is 17.4 Å². The third-order valence-corrected chi connectivity index (χ3v) is 2.01. The number of carboxylic acid groups (broad SMARTS) is 1. The molecule has 0 aromatic carbocycles. The lowest BCUT2D eigenvalue weighted by Gasteiger charge is -2.08. The Labute approximate surface area is 82.5 Å². The number of carboxylic acids is 1. The van der Waals surface area contributed by atoms with Crippen LogP contribution in [0.3, 0.4) is 0 Å². The zero-order valence-corrected chi connectivity index (χ0v) is 8.32. The van der Waals surface area contributed by atoms with Crippen LogP contribution in [0.15, 0.2) is 16.5 Å². The molecule has 0 aliphatic rings. The number of ether oxygens (including phenoxy) is 1. The molecule has 1 heterocycles. The summed E-state index contributed by atoms with van der Waals surface area (Å²) < 4.78 is 10.1. The van der Waals surface area contributed by atoms with E-state index in [-0.39, 0.29) is 0 Å².